The molecule has 0 aliphatic heterocycles. The van der Waals surface area contributed by atoms with Crippen molar-refractivity contribution in [2.75, 3.05) is 14.2 Å². The standard InChI is InChI=1S/C27H18O7/c1-31-25(28)17-11-7-15(8-12-17)21-22-24(19-5-3-4-6-20(19)33-27(22)30)34-23(21)16-9-13-18(14-10-16)26(29)32-2/h3-14H,1-2H3. The van der Waals surface area contributed by atoms with E-state index in [1.165, 1.54) is 14.2 Å². The second-order valence-corrected chi connectivity index (χ2v) is 7.53. The zero-order chi connectivity index (χ0) is 23.8. The van der Waals surface area contributed by atoms with Crippen LogP contribution in [0.5, 0.6) is 0 Å². The summed E-state index contributed by atoms with van der Waals surface area (Å²) in [6, 6.07) is 20.5. The Labute approximate surface area is 193 Å². The summed E-state index contributed by atoms with van der Waals surface area (Å²) in [6.45, 7) is 0. The largest absolute Gasteiger partial charge is 0.465 e. The summed E-state index contributed by atoms with van der Waals surface area (Å²) >= 11 is 0. The lowest BCUT2D eigenvalue weighted by molar-refractivity contribution is 0.0592. The van der Waals surface area contributed by atoms with Gasteiger partial charge in [0.05, 0.1) is 30.7 Å². The molecule has 34 heavy (non-hydrogen) atoms. The third-order valence-corrected chi connectivity index (χ3v) is 5.61. The lowest BCUT2D eigenvalue weighted by atomic mass is 9.97. The van der Waals surface area contributed by atoms with Gasteiger partial charge in [-0.05, 0) is 42.0 Å². The zero-order valence-corrected chi connectivity index (χ0v) is 18.3. The number of furan rings is 1. The van der Waals surface area contributed by atoms with E-state index < -0.39 is 17.6 Å². The Morgan fingerprint density at radius 2 is 1.26 bits per heavy atom. The number of para-hydroxylation sites is 1. The maximum absolute atomic E-state index is 13.1. The van der Waals surface area contributed by atoms with Crippen molar-refractivity contribution < 1.29 is 27.9 Å². The Kier molecular flexibility index (Phi) is 5.22. The minimum Gasteiger partial charge on any atom is -0.465 e. The van der Waals surface area contributed by atoms with Gasteiger partial charge >= 0.3 is 17.6 Å². The number of rotatable bonds is 4. The van der Waals surface area contributed by atoms with Gasteiger partial charge in [0.1, 0.15) is 16.7 Å². The van der Waals surface area contributed by atoms with E-state index in [-0.39, 0.29) is 5.39 Å². The number of benzene rings is 3. The average molecular weight is 454 g/mol. The van der Waals surface area contributed by atoms with Gasteiger partial charge in [0.2, 0.25) is 0 Å². The predicted molar refractivity (Wildman–Crippen MR) is 126 cm³/mol. The number of fused-ring (bicyclic) bond motifs is 3. The molecule has 5 aromatic rings. The van der Waals surface area contributed by atoms with Gasteiger partial charge < -0.3 is 18.3 Å². The topological polar surface area (TPSA) is 96.0 Å². The first-order valence-corrected chi connectivity index (χ1v) is 10.4. The Bertz CT molecular complexity index is 1600. The molecule has 2 aromatic heterocycles. The molecule has 2 heterocycles. The van der Waals surface area contributed by atoms with E-state index in [1.54, 1.807) is 60.7 Å². The molecular weight excluding hydrogens is 436 g/mol. The molecular formula is C27H18O7. The molecule has 0 N–H and O–H groups in total. The minimum absolute atomic E-state index is 0.288. The number of hydrogen-bond acceptors (Lipinski definition) is 7. The van der Waals surface area contributed by atoms with Crippen LogP contribution in [0.4, 0.5) is 0 Å². The monoisotopic (exact) mass is 454 g/mol. The van der Waals surface area contributed by atoms with Crippen LogP contribution in [0, 0.1) is 0 Å². The normalized spacial score (nSPS) is 11.0. The summed E-state index contributed by atoms with van der Waals surface area (Å²) in [5.74, 6) is -0.491. The Hall–Kier alpha value is -4.65. The summed E-state index contributed by atoms with van der Waals surface area (Å²) in [6.07, 6.45) is 0. The van der Waals surface area contributed by atoms with Crippen molar-refractivity contribution >= 4 is 33.9 Å². The highest BCUT2D eigenvalue weighted by molar-refractivity contribution is 6.10. The summed E-state index contributed by atoms with van der Waals surface area (Å²) in [4.78, 5) is 36.8. The summed E-state index contributed by atoms with van der Waals surface area (Å²) < 4.78 is 21.4. The van der Waals surface area contributed by atoms with Gasteiger partial charge in [0, 0.05) is 11.1 Å². The molecule has 0 spiro atoms. The van der Waals surface area contributed by atoms with Crippen LogP contribution in [-0.2, 0) is 9.47 Å². The first-order chi connectivity index (χ1) is 16.5. The Morgan fingerprint density at radius 3 is 1.85 bits per heavy atom. The molecule has 7 heteroatoms. The maximum Gasteiger partial charge on any atom is 0.348 e. The molecule has 0 unspecified atom stereocenters. The van der Waals surface area contributed by atoms with Crippen molar-refractivity contribution in [3.63, 3.8) is 0 Å². The minimum atomic E-state index is -0.540. The van der Waals surface area contributed by atoms with Crippen LogP contribution >= 0.6 is 0 Å². The second-order valence-electron chi connectivity index (χ2n) is 7.53. The van der Waals surface area contributed by atoms with E-state index in [0.717, 1.165) is 0 Å². The molecule has 7 nitrogen and oxygen atoms in total. The summed E-state index contributed by atoms with van der Waals surface area (Å²) in [5.41, 5.74) is 2.86. The van der Waals surface area contributed by atoms with E-state index in [2.05, 4.69) is 0 Å². The molecule has 0 saturated heterocycles. The van der Waals surface area contributed by atoms with Crippen LogP contribution in [0.25, 0.3) is 44.4 Å². The summed E-state index contributed by atoms with van der Waals surface area (Å²) in [5, 5.41) is 0.943. The highest BCUT2D eigenvalue weighted by atomic mass is 16.5. The fourth-order valence-corrected chi connectivity index (χ4v) is 3.95. The van der Waals surface area contributed by atoms with Crippen molar-refractivity contribution in [3.05, 3.63) is 94.3 Å². The number of hydrogen-bond donors (Lipinski definition) is 0. The lowest BCUT2D eigenvalue weighted by Gasteiger charge is -2.06. The second kappa shape index (κ2) is 8.37. The van der Waals surface area contributed by atoms with E-state index in [0.29, 0.717) is 50.1 Å². The SMILES string of the molecule is COC(=O)c1ccc(-c2oc3c(c2-c2ccc(C(=O)OC)cc2)c(=O)oc2ccccc23)cc1. The van der Waals surface area contributed by atoms with Gasteiger partial charge in [-0.15, -0.1) is 0 Å². The van der Waals surface area contributed by atoms with Crippen molar-refractivity contribution in [1.82, 2.24) is 0 Å². The number of carbonyl (C=O) groups excluding carboxylic acids is 2. The number of carbonyl (C=O) groups is 2. The van der Waals surface area contributed by atoms with Crippen LogP contribution in [-0.4, -0.2) is 26.2 Å². The van der Waals surface area contributed by atoms with Gasteiger partial charge in [0.15, 0.2) is 5.58 Å². The molecule has 0 aliphatic carbocycles. The molecule has 5 rings (SSSR count). The molecule has 0 aliphatic rings. The number of methoxy groups -OCH3 is 2. The smallest absolute Gasteiger partial charge is 0.348 e. The number of esters is 2. The first-order valence-electron chi connectivity index (χ1n) is 10.4. The molecule has 0 atom stereocenters. The van der Waals surface area contributed by atoms with Crippen LogP contribution in [0.15, 0.2) is 86.4 Å². The van der Waals surface area contributed by atoms with Crippen molar-refractivity contribution in [1.29, 1.82) is 0 Å². The quantitative estimate of drug-likeness (QED) is 0.263. The number of ether oxygens (including phenoxy) is 2. The zero-order valence-electron chi connectivity index (χ0n) is 18.3. The van der Waals surface area contributed by atoms with E-state index in [9.17, 15) is 14.4 Å². The third kappa shape index (κ3) is 3.44. The van der Waals surface area contributed by atoms with Gasteiger partial charge in [-0.3, -0.25) is 0 Å². The van der Waals surface area contributed by atoms with E-state index >= 15 is 0 Å². The van der Waals surface area contributed by atoms with E-state index in [1.807, 2.05) is 12.1 Å². The lowest BCUT2D eigenvalue weighted by Crippen LogP contribution is -2.01. The molecule has 0 bridgehead atoms. The van der Waals surface area contributed by atoms with Crippen LogP contribution in [0.2, 0.25) is 0 Å². The fraction of sp³-hybridized carbons (Fsp3) is 0.0741. The van der Waals surface area contributed by atoms with E-state index in [4.69, 9.17) is 18.3 Å². The molecule has 0 saturated carbocycles. The third-order valence-electron chi connectivity index (χ3n) is 5.61. The van der Waals surface area contributed by atoms with Crippen molar-refractivity contribution in [2.45, 2.75) is 0 Å². The van der Waals surface area contributed by atoms with Crippen LogP contribution in [0.3, 0.4) is 0 Å². The molecule has 0 amide bonds. The van der Waals surface area contributed by atoms with Gasteiger partial charge in [0.25, 0.3) is 0 Å². The van der Waals surface area contributed by atoms with Gasteiger partial charge in [-0.2, -0.15) is 0 Å². The Morgan fingerprint density at radius 1 is 0.706 bits per heavy atom. The average Bonchev–Trinajstić information content (AvgIpc) is 3.29. The van der Waals surface area contributed by atoms with Gasteiger partial charge in [-0.25, -0.2) is 14.4 Å². The van der Waals surface area contributed by atoms with Crippen molar-refractivity contribution in [2.24, 2.45) is 0 Å². The van der Waals surface area contributed by atoms with Crippen LogP contribution < -0.4 is 5.63 Å². The highest BCUT2D eigenvalue weighted by Gasteiger charge is 2.24. The fourth-order valence-electron chi connectivity index (χ4n) is 3.95. The van der Waals surface area contributed by atoms with Crippen LogP contribution in [0.1, 0.15) is 20.7 Å². The van der Waals surface area contributed by atoms with Gasteiger partial charge in [-0.1, -0.05) is 36.4 Å². The molecule has 0 fully saturated rings. The molecule has 0 radical (unpaired) electrons. The highest BCUT2D eigenvalue weighted by Crippen LogP contribution is 2.41. The molecule has 3 aromatic carbocycles. The Balaban J connectivity index is 1.80. The predicted octanol–water partition coefficient (Wildman–Crippen LogP) is 5.45. The summed E-state index contributed by atoms with van der Waals surface area (Å²) in [7, 11) is 2.63. The maximum atomic E-state index is 13.1. The van der Waals surface area contributed by atoms with Crippen molar-refractivity contribution in [3.8, 4) is 22.5 Å². The first kappa shape index (κ1) is 21.2. The molecule has 168 valence electrons.